The third kappa shape index (κ3) is 5.97. The van der Waals surface area contributed by atoms with Crippen LogP contribution in [0.25, 0.3) is 16.8 Å². The molecule has 0 saturated carbocycles. The van der Waals surface area contributed by atoms with Crippen LogP contribution in [0.4, 0.5) is 10.5 Å². The smallest absolute Gasteiger partial charge is 0.293 e. The molecule has 1 fully saturated rings. The first-order chi connectivity index (χ1) is 18.9. The van der Waals surface area contributed by atoms with Crippen LogP contribution >= 0.6 is 11.8 Å². The topological polar surface area (TPSA) is 84.9 Å². The van der Waals surface area contributed by atoms with Gasteiger partial charge in [-0.1, -0.05) is 60.7 Å². The monoisotopic (exact) mass is 538 g/mol. The molecule has 8 heteroatoms. The first kappa shape index (κ1) is 26.1. The van der Waals surface area contributed by atoms with Gasteiger partial charge in [0, 0.05) is 5.69 Å². The number of thioether (sulfide) groups is 1. The summed E-state index contributed by atoms with van der Waals surface area (Å²) in [5.41, 5.74) is 3.31. The Kier molecular flexibility index (Phi) is 7.65. The standard InChI is InChI=1S/C31H26N2O5S/c1-20-7-5-11-24(15-20)32-29(34)19-38-26-14-13-21(16-27(26)37-2)17-28-30(35)33(31(36)39-28)18-23-10-6-9-22-8-3-4-12-25(22)23/h3-17H,18-19H2,1-2H3,(H,32,34)/b28-17+. The van der Waals surface area contributed by atoms with Gasteiger partial charge >= 0.3 is 0 Å². The first-order valence-electron chi connectivity index (χ1n) is 12.3. The molecular formula is C31H26N2O5S. The fourth-order valence-corrected chi connectivity index (χ4v) is 5.18. The highest BCUT2D eigenvalue weighted by atomic mass is 32.2. The molecule has 1 aliphatic heterocycles. The Bertz CT molecular complexity index is 1610. The molecule has 1 aliphatic rings. The number of aryl methyl sites for hydroxylation is 1. The lowest BCUT2D eigenvalue weighted by Gasteiger charge is -2.14. The van der Waals surface area contributed by atoms with Gasteiger partial charge in [-0.2, -0.15) is 0 Å². The van der Waals surface area contributed by atoms with Gasteiger partial charge in [0.1, 0.15) is 0 Å². The Balaban J connectivity index is 1.27. The van der Waals surface area contributed by atoms with Crippen LogP contribution in [0.1, 0.15) is 16.7 Å². The molecular weight excluding hydrogens is 512 g/mol. The van der Waals surface area contributed by atoms with Gasteiger partial charge in [-0.3, -0.25) is 19.3 Å². The van der Waals surface area contributed by atoms with Crippen molar-refractivity contribution in [1.82, 2.24) is 4.90 Å². The number of hydrogen-bond acceptors (Lipinski definition) is 6. The largest absolute Gasteiger partial charge is 0.493 e. The van der Waals surface area contributed by atoms with Gasteiger partial charge in [-0.05, 0) is 76.5 Å². The van der Waals surface area contributed by atoms with Crippen LogP contribution in [0.5, 0.6) is 11.5 Å². The maximum absolute atomic E-state index is 13.1. The molecule has 1 N–H and O–H groups in total. The summed E-state index contributed by atoms with van der Waals surface area (Å²) in [4.78, 5) is 39.8. The molecule has 1 saturated heterocycles. The van der Waals surface area contributed by atoms with Gasteiger partial charge in [-0.15, -0.1) is 0 Å². The number of benzene rings is 4. The van der Waals surface area contributed by atoms with E-state index in [4.69, 9.17) is 9.47 Å². The Labute approximate surface area is 230 Å². The van der Waals surface area contributed by atoms with Crippen molar-refractivity contribution in [2.75, 3.05) is 19.0 Å². The number of nitrogens with one attached hydrogen (secondary N) is 1. The second-order valence-corrected chi connectivity index (χ2v) is 10.0. The molecule has 0 atom stereocenters. The van der Waals surface area contributed by atoms with Crippen LogP contribution in [0.2, 0.25) is 0 Å². The fourth-order valence-electron chi connectivity index (χ4n) is 4.34. The molecule has 4 aromatic rings. The summed E-state index contributed by atoms with van der Waals surface area (Å²) in [6.07, 6.45) is 1.66. The fraction of sp³-hybridized carbons (Fsp3) is 0.129. The quantitative estimate of drug-likeness (QED) is 0.261. The maximum atomic E-state index is 13.1. The number of rotatable bonds is 8. The lowest BCUT2D eigenvalue weighted by atomic mass is 10.0. The van der Waals surface area contributed by atoms with Crippen molar-refractivity contribution in [1.29, 1.82) is 0 Å². The number of imide groups is 1. The van der Waals surface area contributed by atoms with Crippen LogP contribution in [-0.2, 0) is 16.1 Å². The predicted octanol–water partition coefficient (Wildman–Crippen LogP) is 6.41. The summed E-state index contributed by atoms with van der Waals surface area (Å²) < 4.78 is 11.1. The minimum Gasteiger partial charge on any atom is -0.493 e. The zero-order chi connectivity index (χ0) is 27.4. The van der Waals surface area contributed by atoms with Crippen LogP contribution in [0, 0.1) is 6.92 Å². The molecule has 196 valence electrons. The molecule has 0 radical (unpaired) electrons. The van der Waals surface area contributed by atoms with Gasteiger partial charge in [0.05, 0.1) is 18.6 Å². The second kappa shape index (κ2) is 11.4. The normalized spacial score (nSPS) is 14.2. The summed E-state index contributed by atoms with van der Waals surface area (Å²) in [5.74, 6) is 0.150. The van der Waals surface area contributed by atoms with Gasteiger partial charge in [0.25, 0.3) is 17.1 Å². The number of nitrogens with zero attached hydrogens (tertiary/aromatic N) is 1. The van der Waals surface area contributed by atoms with Crippen LogP contribution < -0.4 is 14.8 Å². The molecule has 3 amide bonds. The van der Waals surface area contributed by atoms with E-state index in [9.17, 15) is 14.4 Å². The van der Waals surface area contributed by atoms with Crippen molar-refractivity contribution in [2.45, 2.75) is 13.5 Å². The zero-order valence-corrected chi connectivity index (χ0v) is 22.3. The van der Waals surface area contributed by atoms with Crippen molar-refractivity contribution in [3.63, 3.8) is 0 Å². The summed E-state index contributed by atoms with van der Waals surface area (Å²) in [6, 6.07) is 26.4. The number of fused-ring (bicyclic) bond motifs is 1. The van der Waals surface area contributed by atoms with E-state index in [0.717, 1.165) is 33.7 Å². The van der Waals surface area contributed by atoms with Crippen LogP contribution in [0.15, 0.2) is 89.8 Å². The van der Waals surface area contributed by atoms with E-state index in [1.54, 1.807) is 24.3 Å². The number of ether oxygens (including phenoxy) is 2. The van der Waals surface area contributed by atoms with Crippen molar-refractivity contribution in [2.24, 2.45) is 0 Å². The van der Waals surface area contributed by atoms with E-state index < -0.39 is 0 Å². The summed E-state index contributed by atoms with van der Waals surface area (Å²) in [5, 5.41) is 4.55. The number of amides is 3. The van der Waals surface area contributed by atoms with Crippen molar-refractivity contribution >= 4 is 51.4 Å². The maximum Gasteiger partial charge on any atom is 0.293 e. The molecule has 0 aromatic heterocycles. The van der Waals surface area contributed by atoms with Crippen molar-refractivity contribution in [3.05, 3.63) is 107 Å². The molecule has 0 bridgehead atoms. The SMILES string of the molecule is COc1cc(/C=C2/SC(=O)N(Cc3cccc4ccccc34)C2=O)ccc1OCC(=O)Nc1cccc(C)c1. The van der Waals surface area contributed by atoms with Crippen molar-refractivity contribution < 1.29 is 23.9 Å². The second-order valence-electron chi connectivity index (χ2n) is 9.02. The van der Waals surface area contributed by atoms with Gasteiger partial charge in [0.15, 0.2) is 18.1 Å². The number of anilines is 1. The third-order valence-electron chi connectivity index (χ3n) is 6.23. The highest BCUT2D eigenvalue weighted by Crippen LogP contribution is 2.36. The number of carbonyl (C=O) groups is 3. The Morgan fingerprint density at radius 3 is 2.56 bits per heavy atom. The van der Waals surface area contributed by atoms with Crippen molar-refractivity contribution in [3.8, 4) is 11.5 Å². The van der Waals surface area contributed by atoms with Gasteiger partial charge in [0.2, 0.25) is 0 Å². The highest BCUT2D eigenvalue weighted by molar-refractivity contribution is 8.18. The molecule has 1 heterocycles. The molecule has 5 rings (SSSR count). The lowest BCUT2D eigenvalue weighted by molar-refractivity contribution is -0.123. The molecule has 0 aliphatic carbocycles. The number of carbonyl (C=O) groups excluding carboxylic acids is 3. The average molecular weight is 539 g/mol. The molecule has 7 nitrogen and oxygen atoms in total. The lowest BCUT2D eigenvalue weighted by Crippen LogP contribution is -2.27. The average Bonchev–Trinajstić information content (AvgIpc) is 3.19. The summed E-state index contributed by atoms with van der Waals surface area (Å²) in [7, 11) is 1.50. The van der Waals surface area contributed by atoms with E-state index in [1.807, 2.05) is 73.7 Å². The summed E-state index contributed by atoms with van der Waals surface area (Å²) >= 11 is 0.908. The van der Waals surface area contributed by atoms with E-state index in [-0.39, 0.29) is 30.2 Å². The Hall–Kier alpha value is -4.56. The number of methoxy groups -OCH3 is 1. The first-order valence-corrected chi connectivity index (χ1v) is 13.1. The molecule has 0 unspecified atom stereocenters. The molecule has 4 aromatic carbocycles. The Morgan fingerprint density at radius 1 is 0.949 bits per heavy atom. The molecule has 0 spiro atoms. The third-order valence-corrected chi connectivity index (χ3v) is 7.14. The van der Waals surface area contributed by atoms with Gasteiger partial charge < -0.3 is 14.8 Å². The minimum atomic E-state index is -0.343. The summed E-state index contributed by atoms with van der Waals surface area (Å²) in [6.45, 7) is 1.95. The predicted molar refractivity (Wildman–Crippen MR) is 154 cm³/mol. The number of hydrogen-bond donors (Lipinski definition) is 1. The van der Waals surface area contributed by atoms with E-state index in [2.05, 4.69) is 5.32 Å². The van der Waals surface area contributed by atoms with E-state index in [0.29, 0.717) is 27.7 Å². The van der Waals surface area contributed by atoms with E-state index >= 15 is 0 Å². The zero-order valence-electron chi connectivity index (χ0n) is 21.5. The highest BCUT2D eigenvalue weighted by Gasteiger charge is 2.35. The molecule has 39 heavy (non-hydrogen) atoms. The minimum absolute atomic E-state index is 0.198. The van der Waals surface area contributed by atoms with E-state index in [1.165, 1.54) is 12.0 Å². The van der Waals surface area contributed by atoms with Crippen LogP contribution in [-0.4, -0.2) is 35.7 Å². The van der Waals surface area contributed by atoms with Gasteiger partial charge in [-0.25, -0.2) is 0 Å². The Morgan fingerprint density at radius 2 is 1.74 bits per heavy atom. The van der Waals surface area contributed by atoms with Crippen LogP contribution in [0.3, 0.4) is 0 Å².